The Morgan fingerprint density at radius 3 is 2.63 bits per heavy atom. The average molecular weight is 527 g/mol. The Bertz CT molecular complexity index is 1330. The van der Waals surface area contributed by atoms with Gasteiger partial charge in [0.05, 0.1) is 30.0 Å². The first-order chi connectivity index (χ1) is 17.8. The summed E-state index contributed by atoms with van der Waals surface area (Å²) in [5.74, 6) is -7.21. The summed E-state index contributed by atoms with van der Waals surface area (Å²) in [5.41, 5.74) is -7.17. The second kappa shape index (κ2) is 6.32. The molecule has 4 unspecified atom stereocenters. The summed E-state index contributed by atoms with van der Waals surface area (Å²) in [6.45, 7) is 5.07. The van der Waals surface area contributed by atoms with Crippen molar-refractivity contribution in [3.8, 4) is 0 Å². The van der Waals surface area contributed by atoms with Gasteiger partial charge in [0.2, 0.25) is 5.79 Å². The molecule has 8 aliphatic rings. The zero-order chi connectivity index (χ0) is 26.8. The zero-order valence-corrected chi connectivity index (χ0v) is 21.4. The maximum atomic E-state index is 14.8. The fourth-order valence-corrected chi connectivity index (χ4v) is 9.89. The number of rotatable bonds is 0. The number of carbonyl (C=O) groups is 4. The minimum absolute atomic E-state index is 0.0790. The van der Waals surface area contributed by atoms with Crippen molar-refractivity contribution in [1.82, 2.24) is 0 Å². The van der Waals surface area contributed by atoms with Crippen molar-refractivity contribution in [3.63, 3.8) is 0 Å². The number of ether oxygens (including phenoxy) is 4. The Hall–Kier alpha value is -2.40. The molecule has 0 aromatic carbocycles. The van der Waals surface area contributed by atoms with Gasteiger partial charge in [0.1, 0.15) is 11.9 Å². The largest absolute Gasteiger partial charge is 0.458 e. The van der Waals surface area contributed by atoms with Gasteiger partial charge in [0.25, 0.3) is 0 Å². The number of aliphatic hydroxyl groups is 2. The Balaban J connectivity index is 1.43. The summed E-state index contributed by atoms with van der Waals surface area (Å²) >= 11 is 0. The second-order valence-corrected chi connectivity index (χ2v) is 13.2. The number of hydrogen-bond acceptors (Lipinski definition) is 10. The standard InChI is InChI=1S/C28H30O10/c1-23-10-18-25(3)28-19(23)20(31)27(38-28,35-11-16(23)21(32)36-18)15-5-4-12-8-13(29)9-17(30)24(12,2)14(15)6-7-26(28,34)22(33)37-25/h4-5,8,13-16,18-19,29,34H,6-7,9-11H2,1-3H3/t13-,14-,15+,16?,18?,19?,23+,24-,25-,26?,27-,28-/m0/s1. The number of ketones is 2. The molecule has 0 aromatic heterocycles. The SMILES string of the molecule is C[C@@]12CC3OC(=O)C1CO[C@@]14O[C@]5(C2C1=O)C(O)(CC[C@H]1[C@H]4C=CC2=C[C@H](O)CC(=O)[C@@]21C)C(=O)O[C@@]35C. The van der Waals surface area contributed by atoms with Crippen molar-refractivity contribution in [1.29, 1.82) is 0 Å². The first kappa shape index (κ1) is 23.5. The molecule has 202 valence electrons. The highest BCUT2D eigenvalue weighted by Gasteiger charge is 2.93. The van der Waals surface area contributed by atoms with E-state index in [1.807, 2.05) is 6.92 Å². The second-order valence-electron chi connectivity index (χ2n) is 13.2. The van der Waals surface area contributed by atoms with Gasteiger partial charge in [-0.15, -0.1) is 0 Å². The van der Waals surface area contributed by atoms with Crippen molar-refractivity contribution in [2.75, 3.05) is 6.61 Å². The number of esters is 2. The normalized spacial score (nSPS) is 59.2. The molecule has 2 N–H and O–H groups in total. The van der Waals surface area contributed by atoms with Gasteiger partial charge < -0.3 is 29.2 Å². The number of Topliss-reactive ketones (excluding diaryl/α,β-unsaturated/α-hetero) is 2. The summed E-state index contributed by atoms with van der Waals surface area (Å²) in [4.78, 5) is 55.4. The highest BCUT2D eigenvalue weighted by atomic mass is 16.8. The van der Waals surface area contributed by atoms with E-state index in [0.29, 0.717) is 5.57 Å². The van der Waals surface area contributed by atoms with Gasteiger partial charge >= 0.3 is 11.9 Å². The van der Waals surface area contributed by atoms with Crippen LogP contribution in [0.2, 0.25) is 0 Å². The van der Waals surface area contributed by atoms with E-state index in [1.165, 1.54) is 0 Å². The molecule has 5 saturated heterocycles. The fourth-order valence-electron chi connectivity index (χ4n) is 9.89. The first-order valence-electron chi connectivity index (χ1n) is 13.5. The monoisotopic (exact) mass is 526 g/mol. The van der Waals surface area contributed by atoms with Crippen molar-refractivity contribution in [2.24, 2.45) is 34.5 Å². The molecule has 1 saturated carbocycles. The third-order valence-electron chi connectivity index (χ3n) is 11.9. The quantitative estimate of drug-likeness (QED) is 0.429. The van der Waals surface area contributed by atoms with Crippen molar-refractivity contribution >= 4 is 23.5 Å². The van der Waals surface area contributed by atoms with E-state index < -0.39 is 87.0 Å². The lowest BCUT2D eigenvalue weighted by atomic mass is 9.46. The molecule has 5 aliphatic heterocycles. The Labute approximate surface area is 218 Å². The summed E-state index contributed by atoms with van der Waals surface area (Å²) < 4.78 is 25.0. The van der Waals surface area contributed by atoms with E-state index in [-0.39, 0.29) is 38.1 Å². The van der Waals surface area contributed by atoms with Crippen molar-refractivity contribution < 1.29 is 48.3 Å². The zero-order valence-electron chi connectivity index (χ0n) is 21.4. The van der Waals surface area contributed by atoms with Gasteiger partial charge in [-0.2, -0.15) is 0 Å². The van der Waals surface area contributed by atoms with Gasteiger partial charge in [0.15, 0.2) is 22.6 Å². The topological polar surface area (TPSA) is 146 Å². The van der Waals surface area contributed by atoms with E-state index in [0.717, 1.165) is 0 Å². The van der Waals surface area contributed by atoms with Gasteiger partial charge in [-0.25, -0.2) is 4.79 Å². The van der Waals surface area contributed by atoms with Crippen LogP contribution < -0.4 is 0 Å². The van der Waals surface area contributed by atoms with E-state index in [4.69, 9.17) is 18.9 Å². The lowest BCUT2D eigenvalue weighted by Gasteiger charge is -2.62. The predicted molar refractivity (Wildman–Crippen MR) is 124 cm³/mol. The van der Waals surface area contributed by atoms with E-state index in [9.17, 15) is 29.4 Å². The Kier molecular flexibility index (Phi) is 3.91. The van der Waals surface area contributed by atoms with Crippen LogP contribution in [0, 0.1) is 34.5 Å². The molecular weight excluding hydrogens is 496 g/mol. The number of fused-ring (bicyclic) bond motifs is 5. The third-order valence-corrected chi connectivity index (χ3v) is 11.9. The van der Waals surface area contributed by atoms with E-state index in [2.05, 4.69) is 0 Å². The van der Waals surface area contributed by atoms with Crippen LogP contribution in [0.15, 0.2) is 23.8 Å². The van der Waals surface area contributed by atoms with Gasteiger partial charge in [-0.3, -0.25) is 14.4 Å². The molecule has 8 rings (SSSR count). The van der Waals surface area contributed by atoms with Crippen LogP contribution in [0.1, 0.15) is 46.5 Å². The van der Waals surface area contributed by atoms with Crippen molar-refractivity contribution in [3.05, 3.63) is 23.8 Å². The number of aliphatic hydroxyl groups excluding tert-OH is 1. The molecule has 2 spiro atoms. The summed E-state index contributed by atoms with van der Waals surface area (Å²) in [6, 6.07) is 0. The van der Waals surface area contributed by atoms with Crippen LogP contribution >= 0.6 is 0 Å². The molecule has 10 nitrogen and oxygen atoms in total. The molecule has 12 atom stereocenters. The van der Waals surface area contributed by atoms with Crippen LogP contribution in [0.4, 0.5) is 0 Å². The first-order valence-corrected chi connectivity index (χ1v) is 13.5. The highest BCUT2D eigenvalue weighted by Crippen LogP contribution is 2.74. The molecular formula is C28H30O10. The van der Waals surface area contributed by atoms with Crippen LogP contribution in [-0.2, 0) is 38.1 Å². The highest BCUT2D eigenvalue weighted by molar-refractivity contribution is 6.00. The van der Waals surface area contributed by atoms with Crippen LogP contribution in [-0.4, -0.2) is 75.1 Å². The summed E-state index contributed by atoms with van der Waals surface area (Å²) in [5, 5.41) is 22.7. The molecule has 38 heavy (non-hydrogen) atoms. The van der Waals surface area contributed by atoms with Gasteiger partial charge in [0, 0.05) is 12.3 Å². The van der Waals surface area contributed by atoms with Crippen LogP contribution in [0.25, 0.3) is 0 Å². The van der Waals surface area contributed by atoms with E-state index in [1.54, 1.807) is 32.1 Å². The summed E-state index contributed by atoms with van der Waals surface area (Å²) in [6.07, 6.45) is 3.65. The molecule has 5 bridgehead atoms. The lowest BCUT2D eigenvalue weighted by Crippen LogP contribution is -2.79. The maximum Gasteiger partial charge on any atom is 0.342 e. The molecule has 0 radical (unpaired) electrons. The van der Waals surface area contributed by atoms with Crippen LogP contribution in [0.5, 0.6) is 0 Å². The van der Waals surface area contributed by atoms with Gasteiger partial charge in [-0.05, 0) is 50.0 Å². The molecule has 10 heteroatoms. The van der Waals surface area contributed by atoms with Crippen LogP contribution in [0.3, 0.4) is 0 Å². The third kappa shape index (κ3) is 2.03. The number of allylic oxidation sites excluding steroid dienone is 2. The molecule has 6 fully saturated rings. The minimum atomic E-state index is -2.23. The molecule has 0 aromatic rings. The van der Waals surface area contributed by atoms with Gasteiger partial charge in [-0.1, -0.05) is 25.2 Å². The Morgan fingerprint density at radius 1 is 1.11 bits per heavy atom. The fraction of sp³-hybridized carbons (Fsp3) is 0.714. The molecule has 5 heterocycles. The van der Waals surface area contributed by atoms with Crippen molar-refractivity contribution in [2.45, 2.75) is 81.3 Å². The van der Waals surface area contributed by atoms with E-state index >= 15 is 0 Å². The average Bonchev–Trinajstić information content (AvgIpc) is 3.16. The minimum Gasteiger partial charge on any atom is -0.458 e. The Morgan fingerprint density at radius 2 is 1.87 bits per heavy atom. The molecule has 0 amide bonds. The molecule has 3 aliphatic carbocycles. The smallest absolute Gasteiger partial charge is 0.342 e. The summed E-state index contributed by atoms with van der Waals surface area (Å²) in [7, 11) is 0. The number of carbonyl (C=O) groups excluding carboxylic acids is 4. The number of hydrogen-bond donors (Lipinski definition) is 2. The lowest BCUT2D eigenvalue weighted by molar-refractivity contribution is -0.370. The predicted octanol–water partition coefficient (Wildman–Crippen LogP) is 0.528. The maximum absolute atomic E-state index is 14.8.